The standard InChI is InChI=1S/C21H26F3N3O/c1-2-3-7-14-10-12-16(13-11-14)20(28)25-19-17(15-8-5-4-6-9-15)18(26-27-19)21(22,23)24/h4-6,8-9,14,16H,2-3,7,10-13H2,1H3,(H2,25,26,27,28). The Labute approximate surface area is 162 Å². The summed E-state index contributed by atoms with van der Waals surface area (Å²) in [4.78, 5) is 12.7. The summed E-state index contributed by atoms with van der Waals surface area (Å²) in [6.45, 7) is 2.17. The molecule has 4 nitrogen and oxygen atoms in total. The first kappa shape index (κ1) is 20.4. The third-order valence-electron chi connectivity index (χ3n) is 5.54. The van der Waals surface area contributed by atoms with Crippen LogP contribution in [0.1, 0.15) is 57.6 Å². The van der Waals surface area contributed by atoms with Crippen LogP contribution in [-0.4, -0.2) is 16.1 Å². The van der Waals surface area contributed by atoms with E-state index in [0.29, 0.717) is 11.5 Å². The summed E-state index contributed by atoms with van der Waals surface area (Å²) in [6, 6.07) is 8.20. The first-order chi connectivity index (χ1) is 13.4. The van der Waals surface area contributed by atoms with Crippen LogP contribution < -0.4 is 5.32 Å². The van der Waals surface area contributed by atoms with Crippen molar-refractivity contribution in [3.63, 3.8) is 0 Å². The number of amides is 1. The molecule has 1 aliphatic carbocycles. The maximum absolute atomic E-state index is 13.4. The highest BCUT2D eigenvalue weighted by molar-refractivity contribution is 5.96. The normalized spacial score (nSPS) is 20.1. The molecule has 0 bridgehead atoms. The number of aromatic amines is 1. The molecule has 152 valence electrons. The van der Waals surface area contributed by atoms with Crippen LogP contribution in [0.2, 0.25) is 0 Å². The van der Waals surface area contributed by atoms with Gasteiger partial charge in [0.25, 0.3) is 0 Å². The van der Waals surface area contributed by atoms with E-state index in [-0.39, 0.29) is 23.2 Å². The predicted octanol–water partition coefficient (Wildman–Crippen LogP) is 6.03. The highest BCUT2D eigenvalue weighted by Gasteiger charge is 2.38. The maximum Gasteiger partial charge on any atom is 0.433 e. The molecule has 2 N–H and O–H groups in total. The first-order valence-electron chi connectivity index (χ1n) is 9.92. The molecule has 1 saturated carbocycles. The molecule has 0 spiro atoms. The van der Waals surface area contributed by atoms with E-state index in [2.05, 4.69) is 22.4 Å². The van der Waals surface area contributed by atoms with Crippen LogP contribution in [0.25, 0.3) is 11.1 Å². The molecule has 1 fully saturated rings. The first-order valence-corrected chi connectivity index (χ1v) is 9.92. The van der Waals surface area contributed by atoms with Crippen molar-refractivity contribution >= 4 is 11.7 Å². The van der Waals surface area contributed by atoms with E-state index in [1.165, 1.54) is 19.3 Å². The fraction of sp³-hybridized carbons (Fsp3) is 0.524. The van der Waals surface area contributed by atoms with Gasteiger partial charge in [0.2, 0.25) is 5.91 Å². The number of nitrogens with zero attached hydrogens (tertiary/aromatic N) is 1. The lowest BCUT2D eigenvalue weighted by Gasteiger charge is -2.27. The summed E-state index contributed by atoms with van der Waals surface area (Å²) in [5.74, 6) is 0.182. The van der Waals surface area contributed by atoms with Gasteiger partial charge in [0, 0.05) is 5.92 Å². The predicted molar refractivity (Wildman–Crippen MR) is 103 cm³/mol. The number of aromatic nitrogens is 2. The molecule has 1 aliphatic rings. The number of unbranched alkanes of at least 4 members (excludes halogenated alkanes) is 1. The third kappa shape index (κ3) is 4.75. The number of H-pyrrole nitrogens is 1. The lowest BCUT2D eigenvalue weighted by atomic mass is 9.79. The van der Waals surface area contributed by atoms with Gasteiger partial charge in [-0.15, -0.1) is 0 Å². The minimum atomic E-state index is -4.58. The third-order valence-corrected chi connectivity index (χ3v) is 5.54. The zero-order chi connectivity index (χ0) is 20.1. The van der Waals surface area contributed by atoms with E-state index in [0.717, 1.165) is 25.7 Å². The molecule has 0 atom stereocenters. The summed E-state index contributed by atoms with van der Waals surface area (Å²) in [5, 5.41) is 8.48. The number of nitrogens with one attached hydrogen (secondary N) is 2. The van der Waals surface area contributed by atoms with Crippen molar-refractivity contribution in [2.24, 2.45) is 11.8 Å². The van der Waals surface area contributed by atoms with Crippen molar-refractivity contribution in [2.45, 2.75) is 58.0 Å². The van der Waals surface area contributed by atoms with Gasteiger partial charge in [0.05, 0.1) is 5.56 Å². The number of benzene rings is 1. The van der Waals surface area contributed by atoms with Gasteiger partial charge in [-0.2, -0.15) is 18.3 Å². The highest BCUT2D eigenvalue weighted by atomic mass is 19.4. The fourth-order valence-electron chi connectivity index (χ4n) is 3.95. The average molecular weight is 393 g/mol. The molecule has 1 amide bonds. The molecule has 28 heavy (non-hydrogen) atoms. The van der Waals surface area contributed by atoms with E-state index in [1.54, 1.807) is 30.3 Å². The Bertz CT molecular complexity index is 778. The number of halogens is 3. The average Bonchev–Trinajstić information content (AvgIpc) is 3.11. The minimum Gasteiger partial charge on any atom is -0.308 e. The van der Waals surface area contributed by atoms with Crippen LogP contribution in [0.5, 0.6) is 0 Å². The number of hydrogen-bond donors (Lipinski definition) is 2. The largest absolute Gasteiger partial charge is 0.433 e. The summed E-state index contributed by atoms with van der Waals surface area (Å²) < 4.78 is 40.2. The Morgan fingerprint density at radius 2 is 1.86 bits per heavy atom. The van der Waals surface area contributed by atoms with Crippen molar-refractivity contribution in [1.82, 2.24) is 10.2 Å². The van der Waals surface area contributed by atoms with Crippen molar-refractivity contribution in [2.75, 3.05) is 5.32 Å². The summed E-state index contributed by atoms with van der Waals surface area (Å²) in [5.41, 5.74) is -0.697. The number of anilines is 1. The highest BCUT2D eigenvalue weighted by Crippen LogP contribution is 2.40. The molecule has 7 heteroatoms. The van der Waals surface area contributed by atoms with E-state index in [9.17, 15) is 18.0 Å². The van der Waals surface area contributed by atoms with Gasteiger partial charge < -0.3 is 5.32 Å². The monoisotopic (exact) mass is 393 g/mol. The zero-order valence-electron chi connectivity index (χ0n) is 16.0. The Balaban J connectivity index is 1.74. The lowest BCUT2D eigenvalue weighted by molar-refractivity contribution is -0.140. The minimum absolute atomic E-state index is 0.0587. The molecule has 2 aromatic rings. The smallest absolute Gasteiger partial charge is 0.308 e. The van der Waals surface area contributed by atoms with Crippen LogP contribution in [-0.2, 0) is 11.0 Å². The quantitative estimate of drug-likeness (QED) is 0.629. The van der Waals surface area contributed by atoms with E-state index >= 15 is 0 Å². The number of rotatable bonds is 6. The summed E-state index contributed by atoms with van der Waals surface area (Å²) >= 11 is 0. The maximum atomic E-state index is 13.4. The Kier molecular flexibility index (Phi) is 6.42. The molecule has 1 aromatic heterocycles. The van der Waals surface area contributed by atoms with Crippen molar-refractivity contribution in [3.8, 4) is 11.1 Å². The molecule has 3 rings (SSSR count). The Morgan fingerprint density at radius 3 is 2.46 bits per heavy atom. The van der Waals surface area contributed by atoms with Gasteiger partial charge in [-0.05, 0) is 37.2 Å². The fourth-order valence-corrected chi connectivity index (χ4v) is 3.95. The van der Waals surface area contributed by atoms with Gasteiger partial charge >= 0.3 is 6.18 Å². The van der Waals surface area contributed by atoms with Gasteiger partial charge in [-0.25, -0.2) is 0 Å². The second-order valence-corrected chi connectivity index (χ2v) is 7.54. The van der Waals surface area contributed by atoms with Gasteiger partial charge in [-0.3, -0.25) is 9.89 Å². The molecule has 1 heterocycles. The van der Waals surface area contributed by atoms with Crippen LogP contribution in [0.3, 0.4) is 0 Å². The molecular weight excluding hydrogens is 367 g/mol. The SMILES string of the molecule is CCCCC1CCC(C(=O)Nc2n[nH]c(C(F)(F)F)c2-c2ccccc2)CC1. The molecule has 0 saturated heterocycles. The Hall–Kier alpha value is -2.31. The number of alkyl halides is 3. The van der Waals surface area contributed by atoms with Crippen LogP contribution in [0.15, 0.2) is 30.3 Å². The van der Waals surface area contributed by atoms with Crippen LogP contribution >= 0.6 is 0 Å². The van der Waals surface area contributed by atoms with Gasteiger partial charge in [0.1, 0.15) is 5.69 Å². The van der Waals surface area contributed by atoms with Crippen molar-refractivity contribution in [1.29, 1.82) is 0 Å². The van der Waals surface area contributed by atoms with E-state index < -0.39 is 11.9 Å². The zero-order valence-corrected chi connectivity index (χ0v) is 16.0. The van der Waals surface area contributed by atoms with Gasteiger partial charge in [0.15, 0.2) is 5.82 Å². The Morgan fingerprint density at radius 1 is 1.18 bits per heavy atom. The second-order valence-electron chi connectivity index (χ2n) is 7.54. The molecule has 0 aliphatic heterocycles. The van der Waals surface area contributed by atoms with Crippen molar-refractivity contribution < 1.29 is 18.0 Å². The topological polar surface area (TPSA) is 57.8 Å². The van der Waals surface area contributed by atoms with E-state index in [1.807, 2.05) is 0 Å². The summed E-state index contributed by atoms with van der Waals surface area (Å²) in [7, 11) is 0. The van der Waals surface area contributed by atoms with E-state index in [4.69, 9.17) is 0 Å². The molecule has 0 unspecified atom stereocenters. The van der Waals surface area contributed by atoms with Crippen molar-refractivity contribution in [3.05, 3.63) is 36.0 Å². The summed E-state index contributed by atoms with van der Waals surface area (Å²) in [6.07, 6.45) is 2.53. The number of carbonyl (C=O) groups excluding carboxylic acids is 1. The van der Waals surface area contributed by atoms with Crippen LogP contribution in [0.4, 0.5) is 19.0 Å². The number of carbonyl (C=O) groups is 1. The lowest BCUT2D eigenvalue weighted by Crippen LogP contribution is -2.27. The molecule has 0 radical (unpaired) electrons. The molecular formula is C21H26F3N3O. The number of hydrogen-bond acceptors (Lipinski definition) is 2. The van der Waals surface area contributed by atoms with Gasteiger partial charge in [-0.1, -0.05) is 56.5 Å². The second kappa shape index (κ2) is 8.80. The van der Waals surface area contributed by atoms with Crippen LogP contribution in [0, 0.1) is 11.8 Å². The molecule has 1 aromatic carbocycles.